The van der Waals surface area contributed by atoms with E-state index >= 15 is 0 Å². The molecule has 0 saturated carbocycles. The van der Waals surface area contributed by atoms with E-state index in [0.29, 0.717) is 24.5 Å². The van der Waals surface area contributed by atoms with Crippen molar-refractivity contribution in [2.24, 2.45) is 5.10 Å². The lowest BCUT2D eigenvalue weighted by Gasteiger charge is -2.06. The molecular formula is C22H21N5O3. The third-order valence-corrected chi connectivity index (χ3v) is 4.10. The number of aromatic amines is 1. The van der Waals surface area contributed by atoms with Crippen molar-refractivity contribution >= 4 is 12.2 Å². The standard InChI is InChI=1S/C22H21N5O3/c1-29-12-5-13-30-18-10-8-16(9-11-18)15-24-27-22-25-20(17-6-3-2-4-7-17)19(14-23)21(28)26-22/h2-4,6-11,15H,5,12-13H2,1H3,(H2,25,26,27,28). The van der Waals surface area contributed by atoms with Crippen molar-refractivity contribution in [1.82, 2.24) is 9.97 Å². The predicted octanol–water partition coefficient (Wildman–Crippen LogP) is 3.17. The zero-order chi connectivity index (χ0) is 21.2. The van der Waals surface area contributed by atoms with Crippen molar-refractivity contribution in [3.05, 3.63) is 76.1 Å². The van der Waals surface area contributed by atoms with Crippen molar-refractivity contribution in [1.29, 1.82) is 5.26 Å². The average Bonchev–Trinajstić information content (AvgIpc) is 2.78. The number of nitriles is 1. The predicted molar refractivity (Wildman–Crippen MR) is 115 cm³/mol. The van der Waals surface area contributed by atoms with Gasteiger partial charge < -0.3 is 9.47 Å². The van der Waals surface area contributed by atoms with Gasteiger partial charge in [-0.2, -0.15) is 10.4 Å². The summed E-state index contributed by atoms with van der Waals surface area (Å²) in [5.41, 5.74) is 3.95. The molecule has 2 aromatic carbocycles. The van der Waals surface area contributed by atoms with Crippen LogP contribution in [0.5, 0.6) is 5.75 Å². The largest absolute Gasteiger partial charge is 0.494 e. The Morgan fingerprint density at radius 3 is 2.63 bits per heavy atom. The van der Waals surface area contributed by atoms with Crippen LogP contribution in [0.25, 0.3) is 11.3 Å². The van der Waals surface area contributed by atoms with E-state index in [1.165, 1.54) is 0 Å². The molecule has 2 N–H and O–H groups in total. The number of nitrogens with one attached hydrogen (secondary N) is 2. The van der Waals surface area contributed by atoms with Crippen molar-refractivity contribution in [3.63, 3.8) is 0 Å². The summed E-state index contributed by atoms with van der Waals surface area (Å²) in [5, 5.41) is 13.4. The summed E-state index contributed by atoms with van der Waals surface area (Å²) < 4.78 is 10.6. The van der Waals surface area contributed by atoms with Gasteiger partial charge in [-0.15, -0.1) is 0 Å². The van der Waals surface area contributed by atoms with Crippen LogP contribution in [0.4, 0.5) is 5.95 Å². The van der Waals surface area contributed by atoms with Crippen molar-refractivity contribution < 1.29 is 9.47 Å². The molecule has 0 saturated heterocycles. The third-order valence-electron chi connectivity index (χ3n) is 4.10. The van der Waals surface area contributed by atoms with Gasteiger partial charge in [0.2, 0.25) is 5.95 Å². The van der Waals surface area contributed by atoms with Gasteiger partial charge in [-0.05, 0) is 29.8 Å². The molecule has 0 aliphatic heterocycles. The Labute approximate surface area is 173 Å². The maximum absolute atomic E-state index is 12.2. The van der Waals surface area contributed by atoms with E-state index in [-0.39, 0.29) is 11.5 Å². The topological polar surface area (TPSA) is 112 Å². The van der Waals surface area contributed by atoms with Gasteiger partial charge in [0.1, 0.15) is 17.4 Å². The molecule has 152 valence electrons. The quantitative estimate of drug-likeness (QED) is 0.322. The molecule has 0 spiro atoms. The number of rotatable bonds is 9. The molecule has 0 aliphatic carbocycles. The summed E-state index contributed by atoms with van der Waals surface area (Å²) in [6, 6.07) is 18.4. The van der Waals surface area contributed by atoms with Crippen LogP contribution in [0.2, 0.25) is 0 Å². The number of aromatic nitrogens is 2. The van der Waals surface area contributed by atoms with Crippen LogP contribution < -0.4 is 15.7 Å². The molecule has 0 radical (unpaired) electrons. The normalized spacial score (nSPS) is 10.7. The highest BCUT2D eigenvalue weighted by Crippen LogP contribution is 2.19. The molecule has 3 aromatic rings. The summed E-state index contributed by atoms with van der Waals surface area (Å²) in [6.07, 6.45) is 2.42. The Morgan fingerprint density at radius 1 is 1.17 bits per heavy atom. The summed E-state index contributed by atoms with van der Waals surface area (Å²) in [6.45, 7) is 1.25. The number of benzene rings is 2. The highest BCUT2D eigenvalue weighted by molar-refractivity contribution is 5.80. The number of hydrogen-bond acceptors (Lipinski definition) is 7. The molecule has 0 fully saturated rings. The van der Waals surface area contributed by atoms with Crippen molar-refractivity contribution in [2.45, 2.75) is 6.42 Å². The summed E-state index contributed by atoms with van der Waals surface area (Å²) in [5.74, 6) is 0.911. The highest BCUT2D eigenvalue weighted by Gasteiger charge is 2.12. The number of hydrogen-bond donors (Lipinski definition) is 2. The number of anilines is 1. The van der Waals surface area contributed by atoms with E-state index in [9.17, 15) is 10.1 Å². The molecule has 1 heterocycles. The van der Waals surface area contributed by atoms with Crippen molar-refractivity contribution in [2.75, 3.05) is 25.7 Å². The first-order chi connectivity index (χ1) is 14.7. The van der Waals surface area contributed by atoms with E-state index < -0.39 is 5.56 Å². The first kappa shape index (κ1) is 20.8. The van der Waals surface area contributed by atoms with Crippen LogP contribution in [-0.2, 0) is 4.74 Å². The fourth-order valence-electron chi connectivity index (χ4n) is 2.65. The van der Waals surface area contributed by atoms with E-state index in [4.69, 9.17) is 9.47 Å². The van der Waals surface area contributed by atoms with Crippen LogP contribution in [0.3, 0.4) is 0 Å². The maximum atomic E-state index is 12.2. The van der Waals surface area contributed by atoms with E-state index in [1.54, 1.807) is 25.5 Å². The van der Waals surface area contributed by atoms with Crippen LogP contribution in [0.15, 0.2) is 64.5 Å². The van der Waals surface area contributed by atoms with Gasteiger partial charge in [-0.1, -0.05) is 30.3 Å². The Hall–Kier alpha value is -3.96. The second-order valence-electron chi connectivity index (χ2n) is 6.25. The summed E-state index contributed by atoms with van der Waals surface area (Å²) >= 11 is 0. The monoisotopic (exact) mass is 403 g/mol. The smallest absolute Gasteiger partial charge is 0.270 e. The van der Waals surface area contributed by atoms with Crippen LogP contribution in [-0.4, -0.2) is 36.5 Å². The zero-order valence-corrected chi connectivity index (χ0v) is 16.5. The van der Waals surface area contributed by atoms with Gasteiger partial charge in [-0.25, -0.2) is 10.4 Å². The van der Waals surface area contributed by atoms with Crippen LogP contribution >= 0.6 is 0 Å². The minimum absolute atomic E-state index is 0.0446. The van der Waals surface area contributed by atoms with Gasteiger partial charge >= 0.3 is 0 Å². The molecule has 8 heteroatoms. The third kappa shape index (κ3) is 5.53. The Morgan fingerprint density at radius 2 is 1.93 bits per heavy atom. The fraction of sp³-hybridized carbons (Fsp3) is 0.182. The second kappa shape index (κ2) is 10.5. The molecule has 0 unspecified atom stereocenters. The SMILES string of the molecule is COCCCOc1ccc(C=NNc2nc(-c3ccccc3)c(C#N)c(=O)[nH]2)cc1. The minimum atomic E-state index is -0.529. The number of H-pyrrole nitrogens is 1. The Balaban J connectivity index is 1.68. The molecule has 0 amide bonds. The molecule has 3 rings (SSSR count). The molecule has 30 heavy (non-hydrogen) atoms. The Kier molecular flexibility index (Phi) is 7.30. The maximum Gasteiger partial charge on any atom is 0.270 e. The number of ether oxygens (including phenoxy) is 2. The van der Waals surface area contributed by atoms with E-state index in [2.05, 4.69) is 20.5 Å². The molecule has 0 bridgehead atoms. The number of methoxy groups -OCH3 is 1. The lowest BCUT2D eigenvalue weighted by Crippen LogP contribution is -2.16. The van der Waals surface area contributed by atoms with Gasteiger partial charge in [0.05, 0.1) is 18.5 Å². The molecule has 0 atom stereocenters. The van der Waals surface area contributed by atoms with Crippen LogP contribution in [0, 0.1) is 11.3 Å². The molecule has 0 aliphatic rings. The van der Waals surface area contributed by atoms with Gasteiger partial charge in [-0.3, -0.25) is 9.78 Å². The molecular weight excluding hydrogens is 382 g/mol. The minimum Gasteiger partial charge on any atom is -0.494 e. The van der Waals surface area contributed by atoms with Gasteiger partial charge in [0.25, 0.3) is 5.56 Å². The van der Waals surface area contributed by atoms with Gasteiger partial charge in [0, 0.05) is 25.7 Å². The lowest BCUT2D eigenvalue weighted by molar-refractivity contribution is 0.172. The van der Waals surface area contributed by atoms with Gasteiger partial charge in [0.15, 0.2) is 0 Å². The first-order valence-electron chi connectivity index (χ1n) is 9.32. The average molecular weight is 403 g/mol. The Bertz CT molecular complexity index is 1090. The zero-order valence-electron chi connectivity index (χ0n) is 16.5. The van der Waals surface area contributed by atoms with Crippen LogP contribution in [0.1, 0.15) is 17.5 Å². The highest BCUT2D eigenvalue weighted by atomic mass is 16.5. The number of nitrogens with zero attached hydrogens (tertiary/aromatic N) is 3. The fourth-order valence-corrected chi connectivity index (χ4v) is 2.65. The lowest BCUT2D eigenvalue weighted by atomic mass is 10.1. The summed E-state index contributed by atoms with van der Waals surface area (Å²) in [4.78, 5) is 19.1. The van der Waals surface area contributed by atoms with E-state index in [1.807, 2.05) is 48.5 Å². The van der Waals surface area contributed by atoms with Crippen molar-refractivity contribution in [3.8, 4) is 23.1 Å². The second-order valence-corrected chi connectivity index (χ2v) is 6.25. The first-order valence-corrected chi connectivity index (χ1v) is 9.32. The molecule has 8 nitrogen and oxygen atoms in total. The summed E-state index contributed by atoms with van der Waals surface area (Å²) in [7, 11) is 1.66. The van der Waals surface area contributed by atoms with E-state index in [0.717, 1.165) is 17.7 Å². The molecule has 1 aromatic heterocycles. The number of hydrazone groups is 1.